The molecular formula is C18H19N7O. The van der Waals surface area contributed by atoms with E-state index in [4.69, 9.17) is 5.73 Å². The number of hydrogen-bond donors (Lipinski definition) is 2. The number of nitrogens with two attached hydrogens (primary N) is 1. The van der Waals surface area contributed by atoms with Gasteiger partial charge in [-0.05, 0) is 30.5 Å². The first-order chi connectivity index (χ1) is 12.7. The molecule has 3 aromatic rings. The first-order valence-electron chi connectivity index (χ1n) is 8.47. The highest BCUT2D eigenvalue weighted by Gasteiger charge is 2.21. The van der Waals surface area contributed by atoms with E-state index in [9.17, 15) is 4.79 Å². The van der Waals surface area contributed by atoms with Crippen LogP contribution >= 0.6 is 0 Å². The molecule has 0 aliphatic carbocycles. The summed E-state index contributed by atoms with van der Waals surface area (Å²) in [4.78, 5) is 22.8. The van der Waals surface area contributed by atoms with E-state index in [2.05, 4.69) is 26.4 Å². The molecule has 1 aromatic carbocycles. The van der Waals surface area contributed by atoms with E-state index >= 15 is 0 Å². The predicted octanol–water partition coefficient (Wildman–Crippen LogP) is 1.64. The van der Waals surface area contributed by atoms with Gasteiger partial charge in [-0.2, -0.15) is 15.1 Å². The minimum atomic E-state index is -0.00465. The highest BCUT2D eigenvalue weighted by atomic mass is 16.2. The van der Waals surface area contributed by atoms with Crippen molar-refractivity contribution in [2.75, 3.05) is 29.0 Å². The van der Waals surface area contributed by atoms with Crippen LogP contribution in [-0.4, -0.2) is 38.7 Å². The fourth-order valence-corrected chi connectivity index (χ4v) is 3.12. The molecule has 132 valence electrons. The predicted molar refractivity (Wildman–Crippen MR) is 99.2 cm³/mol. The summed E-state index contributed by atoms with van der Waals surface area (Å²) >= 11 is 0. The maximum absolute atomic E-state index is 12.7. The van der Waals surface area contributed by atoms with E-state index in [1.54, 1.807) is 29.2 Å². The van der Waals surface area contributed by atoms with Crippen LogP contribution < -0.4 is 16.0 Å². The van der Waals surface area contributed by atoms with Crippen molar-refractivity contribution in [3.05, 3.63) is 54.4 Å². The van der Waals surface area contributed by atoms with Gasteiger partial charge in [-0.3, -0.25) is 4.79 Å². The minimum Gasteiger partial charge on any atom is -0.368 e. The Hall–Kier alpha value is -3.42. The number of nitrogens with zero attached hydrogens (tertiary/aromatic N) is 5. The highest BCUT2D eigenvalue weighted by molar-refractivity contribution is 5.97. The normalized spacial score (nSPS) is 13.3. The standard InChI is InChI=1S/C18H19N7O/c19-18-22-15(11-16(23-18)25-10-4-8-21-25)20-12-17(26)24-9-3-6-13-5-1-2-7-14(13)24/h1-2,4-5,7-8,10-11H,3,6,9,12H2,(H3,19,20,22,23). The van der Waals surface area contributed by atoms with Gasteiger partial charge in [0.1, 0.15) is 5.82 Å². The van der Waals surface area contributed by atoms with Gasteiger partial charge in [-0.25, -0.2) is 4.68 Å². The summed E-state index contributed by atoms with van der Waals surface area (Å²) in [7, 11) is 0. The van der Waals surface area contributed by atoms with E-state index in [-0.39, 0.29) is 18.4 Å². The zero-order valence-corrected chi connectivity index (χ0v) is 14.2. The Morgan fingerprint density at radius 1 is 1.23 bits per heavy atom. The number of rotatable bonds is 4. The summed E-state index contributed by atoms with van der Waals surface area (Å²) in [5.74, 6) is 1.15. The zero-order chi connectivity index (χ0) is 17.9. The Kier molecular flexibility index (Phi) is 4.22. The second-order valence-corrected chi connectivity index (χ2v) is 6.05. The fourth-order valence-electron chi connectivity index (χ4n) is 3.12. The number of carbonyl (C=O) groups is 1. The van der Waals surface area contributed by atoms with Gasteiger partial charge >= 0.3 is 0 Å². The summed E-state index contributed by atoms with van der Waals surface area (Å²) in [5.41, 5.74) is 7.98. The third kappa shape index (κ3) is 3.21. The van der Waals surface area contributed by atoms with Crippen molar-refractivity contribution in [1.82, 2.24) is 19.7 Å². The van der Waals surface area contributed by atoms with Gasteiger partial charge in [-0.1, -0.05) is 18.2 Å². The zero-order valence-electron chi connectivity index (χ0n) is 14.2. The Morgan fingerprint density at radius 3 is 2.96 bits per heavy atom. The molecule has 1 amide bonds. The van der Waals surface area contributed by atoms with Crippen LogP contribution in [-0.2, 0) is 11.2 Å². The van der Waals surface area contributed by atoms with Crippen LogP contribution in [0.15, 0.2) is 48.8 Å². The van der Waals surface area contributed by atoms with Gasteiger partial charge < -0.3 is 16.0 Å². The number of amides is 1. The van der Waals surface area contributed by atoms with Crippen molar-refractivity contribution in [2.45, 2.75) is 12.8 Å². The molecule has 0 unspecified atom stereocenters. The van der Waals surface area contributed by atoms with Crippen molar-refractivity contribution in [3.63, 3.8) is 0 Å². The molecule has 0 fully saturated rings. The summed E-state index contributed by atoms with van der Waals surface area (Å²) in [6.45, 7) is 0.852. The molecule has 0 saturated heterocycles. The largest absolute Gasteiger partial charge is 0.368 e. The number of nitrogens with one attached hydrogen (secondary N) is 1. The summed E-state index contributed by atoms with van der Waals surface area (Å²) in [6, 6.07) is 11.5. The lowest BCUT2D eigenvalue weighted by molar-refractivity contribution is -0.117. The number of aromatic nitrogens is 4. The molecule has 0 spiro atoms. The second kappa shape index (κ2) is 6.83. The number of benzene rings is 1. The molecule has 26 heavy (non-hydrogen) atoms. The lowest BCUT2D eigenvalue weighted by atomic mass is 10.0. The maximum atomic E-state index is 12.7. The summed E-state index contributed by atoms with van der Waals surface area (Å²) in [6.07, 6.45) is 5.39. The van der Waals surface area contributed by atoms with Gasteiger partial charge in [0.2, 0.25) is 11.9 Å². The molecule has 0 saturated carbocycles. The number of nitrogen functional groups attached to an aromatic ring is 1. The average Bonchev–Trinajstić information content (AvgIpc) is 3.20. The molecule has 1 aliphatic rings. The Bertz CT molecular complexity index is 923. The highest BCUT2D eigenvalue weighted by Crippen LogP contribution is 2.26. The summed E-state index contributed by atoms with van der Waals surface area (Å²) < 4.78 is 1.59. The van der Waals surface area contributed by atoms with Gasteiger partial charge in [0, 0.05) is 30.7 Å². The van der Waals surface area contributed by atoms with Crippen LogP contribution in [0.25, 0.3) is 5.82 Å². The molecule has 8 heteroatoms. The van der Waals surface area contributed by atoms with Crippen LogP contribution in [0.4, 0.5) is 17.5 Å². The molecule has 4 rings (SSSR count). The first-order valence-corrected chi connectivity index (χ1v) is 8.47. The molecule has 0 bridgehead atoms. The summed E-state index contributed by atoms with van der Waals surface area (Å²) in [5, 5.41) is 7.18. The molecule has 3 N–H and O–H groups in total. The minimum absolute atomic E-state index is 0.00465. The van der Waals surface area contributed by atoms with E-state index < -0.39 is 0 Å². The number of fused-ring (bicyclic) bond motifs is 1. The number of anilines is 3. The lowest BCUT2D eigenvalue weighted by Crippen LogP contribution is -2.39. The fraction of sp³-hybridized carbons (Fsp3) is 0.222. The van der Waals surface area contributed by atoms with Gasteiger partial charge in [0.15, 0.2) is 5.82 Å². The second-order valence-electron chi connectivity index (χ2n) is 6.05. The van der Waals surface area contributed by atoms with Gasteiger partial charge in [-0.15, -0.1) is 0 Å². The van der Waals surface area contributed by atoms with E-state index in [1.807, 2.05) is 23.1 Å². The smallest absolute Gasteiger partial charge is 0.246 e. The number of aryl methyl sites for hydroxylation is 1. The van der Waals surface area contributed by atoms with Gasteiger partial charge in [0.25, 0.3) is 0 Å². The Morgan fingerprint density at radius 2 is 2.12 bits per heavy atom. The third-order valence-corrected chi connectivity index (χ3v) is 4.30. The van der Waals surface area contributed by atoms with Crippen molar-refractivity contribution in [3.8, 4) is 5.82 Å². The average molecular weight is 349 g/mol. The topological polar surface area (TPSA) is 102 Å². The maximum Gasteiger partial charge on any atom is 0.246 e. The van der Waals surface area contributed by atoms with Crippen molar-refractivity contribution >= 4 is 23.4 Å². The molecular weight excluding hydrogens is 330 g/mol. The molecule has 0 atom stereocenters. The molecule has 3 heterocycles. The van der Waals surface area contributed by atoms with Crippen molar-refractivity contribution in [1.29, 1.82) is 0 Å². The van der Waals surface area contributed by atoms with E-state index in [1.165, 1.54) is 5.56 Å². The molecule has 1 aliphatic heterocycles. The molecule has 8 nitrogen and oxygen atoms in total. The number of carbonyl (C=O) groups excluding carboxylic acids is 1. The SMILES string of the molecule is Nc1nc(NCC(=O)N2CCCc3ccccc32)cc(-n2cccn2)n1. The Balaban J connectivity index is 1.49. The number of hydrogen-bond acceptors (Lipinski definition) is 6. The third-order valence-electron chi connectivity index (χ3n) is 4.30. The van der Waals surface area contributed by atoms with E-state index in [0.29, 0.717) is 11.6 Å². The monoisotopic (exact) mass is 349 g/mol. The van der Waals surface area contributed by atoms with Crippen molar-refractivity contribution < 1.29 is 4.79 Å². The molecule has 0 radical (unpaired) electrons. The molecule has 2 aromatic heterocycles. The van der Waals surface area contributed by atoms with Crippen LogP contribution in [0.5, 0.6) is 0 Å². The van der Waals surface area contributed by atoms with Crippen LogP contribution in [0, 0.1) is 0 Å². The number of para-hydroxylation sites is 1. The van der Waals surface area contributed by atoms with Crippen molar-refractivity contribution in [2.24, 2.45) is 0 Å². The first kappa shape index (κ1) is 16.1. The lowest BCUT2D eigenvalue weighted by Gasteiger charge is -2.29. The Labute approximate surface area is 150 Å². The van der Waals surface area contributed by atoms with Crippen LogP contribution in [0.3, 0.4) is 0 Å². The quantitative estimate of drug-likeness (QED) is 0.742. The van der Waals surface area contributed by atoms with Crippen LogP contribution in [0.2, 0.25) is 0 Å². The van der Waals surface area contributed by atoms with Crippen LogP contribution in [0.1, 0.15) is 12.0 Å². The van der Waals surface area contributed by atoms with E-state index in [0.717, 1.165) is 25.1 Å². The van der Waals surface area contributed by atoms with Gasteiger partial charge in [0.05, 0.1) is 6.54 Å².